The van der Waals surface area contributed by atoms with Gasteiger partial charge in [-0.25, -0.2) is 0 Å². The van der Waals surface area contributed by atoms with E-state index in [2.05, 4.69) is 34.6 Å². The highest BCUT2D eigenvalue weighted by molar-refractivity contribution is 5.20. The van der Waals surface area contributed by atoms with Crippen LogP contribution in [0.1, 0.15) is 29.4 Å². The first kappa shape index (κ1) is 12.8. The van der Waals surface area contributed by atoms with Crippen molar-refractivity contribution in [3.05, 3.63) is 47.0 Å². The third-order valence-corrected chi connectivity index (χ3v) is 3.09. The highest BCUT2D eigenvalue weighted by atomic mass is 15.2. The zero-order chi connectivity index (χ0) is 13.0. The first-order chi connectivity index (χ1) is 8.70. The van der Waals surface area contributed by atoms with E-state index in [1.54, 1.807) is 0 Å². The van der Waals surface area contributed by atoms with E-state index in [4.69, 9.17) is 0 Å². The topological polar surface area (TPSA) is 42.7 Å². The third-order valence-electron chi connectivity index (χ3n) is 3.09. The lowest BCUT2D eigenvalue weighted by Gasteiger charge is -2.07. The maximum absolute atomic E-state index is 4.43. The number of aromatic nitrogens is 3. The van der Waals surface area contributed by atoms with Gasteiger partial charge in [0.15, 0.2) is 0 Å². The number of nitrogens with zero attached hydrogens (tertiary/aromatic N) is 3. The molecule has 2 aromatic heterocycles. The summed E-state index contributed by atoms with van der Waals surface area (Å²) in [6.07, 6.45) is 4.93. The number of hydrogen-bond acceptors (Lipinski definition) is 3. The molecule has 1 N–H and O–H groups in total. The molecule has 0 aliphatic heterocycles. The molecule has 4 nitrogen and oxygen atoms in total. The van der Waals surface area contributed by atoms with Crippen LogP contribution in [0, 0.1) is 6.92 Å². The summed E-state index contributed by atoms with van der Waals surface area (Å²) in [6, 6.07) is 4.13. The van der Waals surface area contributed by atoms with E-state index in [0.29, 0.717) is 0 Å². The van der Waals surface area contributed by atoms with Crippen LogP contribution in [0.3, 0.4) is 0 Å². The number of pyridine rings is 1. The van der Waals surface area contributed by atoms with Gasteiger partial charge in [0.05, 0.1) is 11.4 Å². The molecule has 2 aromatic rings. The summed E-state index contributed by atoms with van der Waals surface area (Å²) in [5, 5.41) is 7.76. The summed E-state index contributed by atoms with van der Waals surface area (Å²) in [5.74, 6) is 0. The van der Waals surface area contributed by atoms with Crippen LogP contribution in [-0.2, 0) is 26.6 Å². The average Bonchev–Trinajstić information content (AvgIpc) is 2.68. The zero-order valence-corrected chi connectivity index (χ0v) is 11.3. The van der Waals surface area contributed by atoms with Gasteiger partial charge in [0.2, 0.25) is 0 Å². The van der Waals surface area contributed by atoms with Crippen molar-refractivity contribution in [3.63, 3.8) is 0 Å². The minimum Gasteiger partial charge on any atom is -0.307 e. The maximum Gasteiger partial charge on any atom is 0.0638 e. The van der Waals surface area contributed by atoms with Crippen molar-refractivity contribution in [2.75, 3.05) is 0 Å². The fourth-order valence-electron chi connectivity index (χ4n) is 2.09. The summed E-state index contributed by atoms with van der Waals surface area (Å²) >= 11 is 0. The quantitative estimate of drug-likeness (QED) is 0.874. The molecule has 2 rings (SSSR count). The standard InChI is InChI=1S/C14H20N4/c1-4-12-6-5-7-16-14(12)9-15-8-13-10-18(3)17-11(13)2/h5-7,10,15H,4,8-9H2,1-3H3. The largest absolute Gasteiger partial charge is 0.307 e. The van der Waals surface area contributed by atoms with Crippen LogP contribution < -0.4 is 5.32 Å². The second-order valence-electron chi connectivity index (χ2n) is 4.48. The SMILES string of the molecule is CCc1cccnc1CNCc1cn(C)nc1C. The highest BCUT2D eigenvalue weighted by Crippen LogP contribution is 2.07. The van der Waals surface area contributed by atoms with Gasteiger partial charge < -0.3 is 5.32 Å². The summed E-state index contributed by atoms with van der Waals surface area (Å²) in [4.78, 5) is 4.43. The molecule has 0 saturated carbocycles. The minimum atomic E-state index is 0.804. The normalized spacial score (nSPS) is 10.8. The van der Waals surface area contributed by atoms with Gasteiger partial charge in [-0.1, -0.05) is 13.0 Å². The number of hydrogen-bond donors (Lipinski definition) is 1. The Balaban J connectivity index is 1.94. The Bertz CT molecular complexity index is 516. The summed E-state index contributed by atoms with van der Waals surface area (Å²) < 4.78 is 1.85. The Morgan fingerprint density at radius 1 is 1.28 bits per heavy atom. The van der Waals surface area contributed by atoms with Crippen LogP contribution in [0.5, 0.6) is 0 Å². The smallest absolute Gasteiger partial charge is 0.0638 e. The molecule has 0 atom stereocenters. The Morgan fingerprint density at radius 2 is 2.11 bits per heavy atom. The van der Waals surface area contributed by atoms with Crippen LogP contribution in [0.4, 0.5) is 0 Å². The second-order valence-corrected chi connectivity index (χ2v) is 4.48. The number of rotatable bonds is 5. The van der Waals surface area contributed by atoms with Crippen molar-refractivity contribution in [2.45, 2.75) is 33.4 Å². The van der Waals surface area contributed by atoms with E-state index in [9.17, 15) is 0 Å². The fourth-order valence-corrected chi connectivity index (χ4v) is 2.09. The molecule has 4 heteroatoms. The molecule has 0 spiro atoms. The van der Waals surface area contributed by atoms with Crippen molar-refractivity contribution in [2.24, 2.45) is 7.05 Å². The minimum absolute atomic E-state index is 0.804. The van der Waals surface area contributed by atoms with Crippen LogP contribution in [0.25, 0.3) is 0 Å². The van der Waals surface area contributed by atoms with Crippen molar-refractivity contribution >= 4 is 0 Å². The molecule has 0 radical (unpaired) electrons. The van der Waals surface area contributed by atoms with E-state index < -0.39 is 0 Å². The molecule has 0 aliphatic carbocycles. The number of aryl methyl sites for hydroxylation is 3. The van der Waals surface area contributed by atoms with Crippen LogP contribution in [-0.4, -0.2) is 14.8 Å². The van der Waals surface area contributed by atoms with Gasteiger partial charge in [0.25, 0.3) is 0 Å². The highest BCUT2D eigenvalue weighted by Gasteiger charge is 2.04. The maximum atomic E-state index is 4.43. The molecule has 0 unspecified atom stereocenters. The molecule has 0 amide bonds. The second kappa shape index (κ2) is 5.78. The van der Waals surface area contributed by atoms with E-state index >= 15 is 0 Å². The van der Waals surface area contributed by atoms with Gasteiger partial charge >= 0.3 is 0 Å². The molecule has 0 fully saturated rings. The van der Waals surface area contributed by atoms with Crippen LogP contribution >= 0.6 is 0 Å². The first-order valence-electron chi connectivity index (χ1n) is 6.33. The summed E-state index contributed by atoms with van der Waals surface area (Å²) in [6.45, 7) is 5.83. The van der Waals surface area contributed by atoms with Crippen molar-refractivity contribution in [1.82, 2.24) is 20.1 Å². The molecule has 2 heterocycles. The molecule has 18 heavy (non-hydrogen) atoms. The van der Waals surface area contributed by atoms with Crippen LogP contribution in [0.2, 0.25) is 0 Å². The van der Waals surface area contributed by atoms with Gasteiger partial charge in [-0.2, -0.15) is 5.10 Å². The lowest BCUT2D eigenvalue weighted by atomic mass is 10.1. The zero-order valence-electron chi connectivity index (χ0n) is 11.3. The Kier molecular flexibility index (Phi) is 4.10. The van der Waals surface area contributed by atoms with E-state index in [1.807, 2.05) is 30.9 Å². The van der Waals surface area contributed by atoms with Gasteiger partial charge in [0, 0.05) is 38.1 Å². The van der Waals surface area contributed by atoms with Crippen molar-refractivity contribution in [3.8, 4) is 0 Å². The van der Waals surface area contributed by atoms with E-state index in [0.717, 1.165) is 30.9 Å². The van der Waals surface area contributed by atoms with E-state index in [1.165, 1.54) is 11.1 Å². The van der Waals surface area contributed by atoms with Gasteiger partial charge in [-0.15, -0.1) is 0 Å². The van der Waals surface area contributed by atoms with Gasteiger partial charge in [-0.3, -0.25) is 9.67 Å². The molecule has 96 valence electrons. The Morgan fingerprint density at radius 3 is 2.78 bits per heavy atom. The number of nitrogens with one attached hydrogen (secondary N) is 1. The molecular formula is C14H20N4. The van der Waals surface area contributed by atoms with Crippen molar-refractivity contribution < 1.29 is 0 Å². The molecule has 0 bridgehead atoms. The first-order valence-corrected chi connectivity index (χ1v) is 6.33. The molecular weight excluding hydrogens is 224 g/mol. The summed E-state index contributed by atoms with van der Waals surface area (Å²) in [7, 11) is 1.95. The van der Waals surface area contributed by atoms with Crippen molar-refractivity contribution in [1.29, 1.82) is 0 Å². The van der Waals surface area contributed by atoms with E-state index in [-0.39, 0.29) is 0 Å². The lowest BCUT2D eigenvalue weighted by molar-refractivity contribution is 0.671. The predicted molar refractivity (Wildman–Crippen MR) is 72.1 cm³/mol. The van der Waals surface area contributed by atoms with Crippen LogP contribution in [0.15, 0.2) is 24.5 Å². The lowest BCUT2D eigenvalue weighted by Crippen LogP contribution is -2.15. The summed E-state index contributed by atoms with van der Waals surface area (Å²) in [5.41, 5.74) is 4.78. The predicted octanol–water partition coefficient (Wildman–Crippen LogP) is 1.98. The third kappa shape index (κ3) is 2.96. The molecule has 0 aliphatic rings. The fraction of sp³-hybridized carbons (Fsp3) is 0.429. The van der Waals surface area contributed by atoms with Gasteiger partial charge in [0.1, 0.15) is 0 Å². The Labute approximate surface area is 108 Å². The average molecular weight is 244 g/mol. The Hall–Kier alpha value is -1.68. The molecule has 0 aromatic carbocycles. The monoisotopic (exact) mass is 244 g/mol. The van der Waals surface area contributed by atoms with Gasteiger partial charge in [-0.05, 0) is 25.0 Å². The molecule has 0 saturated heterocycles.